The normalized spacial score (nSPS) is 47.6. The van der Waals surface area contributed by atoms with E-state index < -0.39 is 126 Å². The van der Waals surface area contributed by atoms with Gasteiger partial charge in [0.25, 0.3) is 0 Å². The van der Waals surface area contributed by atoms with Crippen LogP contribution < -0.4 is 0 Å². The molecule has 272 valence electrons. The van der Waals surface area contributed by atoms with E-state index in [1.807, 2.05) is 0 Å². The number of Topliss-reactive ketones (excluding diaryl/α,β-unsaturated/α-hetero) is 1. The Morgan fingerprint density at radius 3 is 2.34 bits per heavy atom. The van der Waals surface area contributed by atoms with Crippen molar-refractivity contribution >= 4 is 23.7 Å². The highest BCUT2D eigenvalue weighted by Crippen LogP contribution is 2.72. The molecule has 1 spiro atoms. The first-order valence-electron chi connectivity index (χ1n) is 16.5. The van der Waals surface area contributed by atoms with Crippen molar-refractivity contribution in [2.75, 3.05) is 20.3 Å². The highest BCUT2D eigenvalue weighted by molar-refractivity contribution is 5.97. The van der Waals surface area contributed by atoms with Crippen LogP contribution in [0.5, 0.6) is 0 Å². The van der Waals surface area contributed by atoms with E-state index >= 15 is 0 Å². The number of ether oxygens (including phenoxy) is 6. The van der Waals surface area contributed by atoms with Crippen molar-refractivity contribution in [1.29, 1.82) is 0 Å². The zero-order valence-electron chi connectivity index (χ0n) is 27.4. The second-order valence-electron chi connectivity index (χ2n) is 14.4. The molecular weight excluding hydrogens is 664 g/mol. The van der Waals surface area contributed by atoms with Crippen molar-refractivity contribution in [2.45, 2.75) is 81.0 Å². The second-order valence-corrected chi connectivity index (χ2v) is 14.4. The maximum Gasteiger partial charge on any atom is 0.348 e. The SMILES string of the molecule is COC(=O)[C@@]12OC[C@]34C([C@@H](O)[C@@H]1O)[C@@]1(C)C=C(O[C@@H]5O[C@H](CO)[C@@H](O)[C@H](O)[C@H]5O)C(=O)[C@@H](C)[C@@H]1C[C@H]3OC(=O)[C@H](OC(=O)c1ccccc1)C42. The van der Waals surface area contributed by atoms with Crippen LogP contribution in [-0.4, -0.2) is 135 Å². The number of ketones is 1. The molecule has 6 N–H and O–H groups in total. The minimum Gasteiger partial charge on any atom is -0.467 e. The fourth-order valence-corrected chi connectivity index (χ4v) is 9.93. The molecule has 0 radical (unpaired) electrons. The van der Waals surface area contributed by atoms with Gasteiger partial charge in [0, 0.05) is 17.3 Å². The number of aliphatic hydroxyl groups excluding tert-OH is 6. The first kappa shape index (κ1) is 34.9. The maximum absolute atomic E-state index is 13.8. The van der Waals surface area contributed by atoms with Crippen molar-refractivity contribution in [3.05, 3.63) is 47.7 Å². The lowest BCUT2D eigenvalue weighted by Crippen LogP contribution is -2.79. The number of carbonyl (C=O) groups is 4. The molecule has 3 aliphatic heterocycles. The molecule has 1 aromatic rings. The molecule has 2 bridgehead atoms. The van der Waals surface area contributed by atoms with Crippen LogP contribution in [0.4, 0.5) is 0 Å². The predicted molar refractivity (Wildman–Crippen MR) is 161 cm³/mol. The van der Waals surface area contributed by atoms with E-state index in [-0.39, 0.29) is 24.4 Å². The van der Waals surface area contributed by atoms with Crippen molar-refractivity contribution in [1.82, 2.24) is 0 Å². The third kappa shape index (κ3) is 4.52. The fourth-order valence-electron chi connectivity index (χ4n) is 9.93. The van der Waals surface area contributed by atoms with E-state index in [1.165, 1.54) is 18.2 Å². The van der Waals surface area contributed by atoms with Crippen molar-refractivity contribution in [2.24, 2.45) is 34.5 Å². The van der Waals surface area contributed by atoms with Crippen molar-refractivity contribution < 1.29 is 78.2 Å². The van der Waals surface area contributed by atoms with E-state index in [1.54, 1.807) is 32.0 Å². The maximum atomic E-state index is 13.8. The first-order chi connectivity index (χ1) is 23.7. The number of fused-ring (bicyclic) bond motifs is 2. The number of hydrogen-bond acceptors (Lipinski definition) is 16. The molecule has 6 aliphatic rings. The number of allylic oxidation sites excluding steroid dienone is 2. The monoisotopic (exact) mass is 704 g/mol. The summed E-state index contributed by atoms with van der Waals surface area (Å²) in [6.45, 7) is 2.24. The molecule has 3 aliphatic carbocycles. The predicted octanol–water partition coefficient (Wildman–Crippen LogP) is -2.02. The van der Waals surface area contributed by atoms with Crippen LogP contribution in [0.25, 0.3) is 0 Å². The van der Waals surface area contributed by atoms with E-state index in [2.05, 4.69) is 0 Å². The van der Waals surface area contributed by atoms with Gasteiger partial charge in [-0.25, -0.2) is 14.4 Å². The van der Waals surface area contributed by atoms with Crippen LogP contribution in [-0.2, 0) is 42.8 Å². The quantitative estimate of drug-likeness (QED) is 0.138. The van der Waals surface area contributed by atoms with Crippen LogP contribution in [0, 0.1) is 34.5 Å². The molecule has 50 heavy (non-hydrogen) atoms. The van der Waals surface area contributed by atoms with Crippen LogP contribution in [0.2, 0.25) is 0 Å². The van der Waals surface area contributed by atoms with Gasteiger partial charge in [-0.1, -0.05) is 32.0 Å². The van der Waals surface area contributed by atoms with Crippen LogP contribution in [0.15, 0.2) is 42.2 Å². The topological polar surface area (TPSA) is 245 Å². The lowest BCUT2D eigenvalue weighted by molar-refractivity contribution is -0.295. The summed E-state index contributed by atoms with van der Waals surface area (Å²) in [7, 11) is 1.05. The molecule has 2 unspecified atom stereocenters. The molecule has 3 saturated heterocycles. The van der Waals surface area contributed by atoms with Gasteiger partial charge in [-0.15, -0.1) is 0 Å². The Labute approximate surface area is 285 Å². The summed E-state index contributed by atoms with van der Waals surface area (Å²) < 4.78 is 34.4. The number of hydrogen-bond donors (Lipinski definition) is 6. The Hall–Kier alpha value is -3.48. The Balaban J connectivity index is 1.34. The lowest BCUT2D eigenvalue weighted by atomic mass is 9.38. The number of carbonyl (C=O) groups excluding carboxylic acids is 4. The number of aliphatic hydroxyl groups is 6. The van der Waals surface area contributed by atoms with Crippen molar-refractivity contribution in [3.8, 4) is 0 Å². The number of esters is 3. The molecule has 1 aromatic carbocycles. The molecule has 3 heterocycles. The largest absolute Gasteiger partial charge is 0.467 e. The second kappa shape index (κ2) is 12.1. The molecule has 16 nitrogen and oxygen atoms in total. The molecule has 2 saturated carbocycles. The van der Waals surface area contributed by atoms with Gasteiger partial charge in [-0.05, 0) is 36.0 Å². The summed E-state index contributed by atoms with van der Waals surface area (Å²) in [5.74, 6) is -7.95. The van der Waals surface area contributed by atoms with Gasteiger partial charge < -0.3 is 59.1 Å². The average Bonchev–Trinajstić information content (AvgIpc) is 3.41. The van der Waals surface area contributed by atoms with Crippen LogP contribution in [0.3, 0.4) is 0 Å². The van der Waals surface area contributed by atoms with Gasteiger partial charge in [-0.3, -0.25) is 4.79 Å². The van der Waals surface area contributed by atoms with Gasteiger partial charge >= 0.3 is 17.9 Å². The van der Waals surface area contributed by atoms with Crippen LogP contribution in [0.1, 0.15) is 30.6 Å². The van der Waals surface area contributed by atoms with Crippen molar-refractivity contribution in [3.63, 3.8) is 0 Å². The molecule has 16 heteroatoms. The summed E-state index contributed by atoms with van der Waals surface area (Å²) >= 11 is 0. The number of benzene rings is 1. The van der Waals surface area contributed by atoms with Gasteiger partial charge in [0.1, 0.15) is 36.6 Å². The van der Waals surface area contributed by atoms with Gasteiger partial charge in [0.2, 0.25) is 18.0 Å². The fraction of sp³-hybridized carbons (Fsp3) is 0.647. The third-order valence-electron chi connectivity index (χ3n) is 12.2. The van der Waals surface area contributed by atoms with Gasteiger partial charge in [0.05, 0.1) is 37.9 Å². The van der Waals surface area contributed by atoms with E-state index in [9.17, 15) is 49.8 Å². The minimum atomic E-state index is -2.36. The average molecular weight is 705 g/mol. The standard InChI is InChI=1S/C34H40O16/c1-13-15-9-18-33-12-46-34(31(44)45-3,26(33)24(29(43)49-18)50-28(42)14-7-5-4-6-8-14)27(41)23(40)25(33)32(15,2)10-16(19(13)36)47-30-22(39)21(38)20(37)17(11-35)48-30/h4-8,10,13,15,17-18,20-27,30,35,37-41H,9,11-12H2,1-3H3/t13-,15-,17+,18+,20+,21-,22+,23+,24+,25?,26?,27-,30+,32-,33+,34-/m0/s1. The first-order valence-corrected chi connectivity index (χ1v) is 16.5. The lowest BCUT2D eigenvalue weighted by Gasteiger charge is -2.67. The summed E-state index contributed by atoms with van der Waals surface area (Å²) in [5, 5.41) is 64.9. The molecular formula is C34H40O16. The smallest absolute Gasteiger partial charge is 0.348 e. The molecule has 16 atom stereocenters. The highest BCUT2D eigenvalue weighted by Gasteiger charge is 2.85. The zero-order valence-corrected chi connectivity index (χ0v) is 27.4. The molecule has 0 amide bonds. The van der Waals surface area contributed by atoms with Gasteiger partial charge in [-0.2, -0.15) is 0 Å². The molecule has 7 rings (SSSR count). The molecule has 5 fully saturated rings. The van der Waals surface area contributed by atoms with Gasteiger partial charge in [0.15, 0.2) is 11.5 Å². The number of rotatable bonds is 6. The highest BCUT2D eigenvalue weighted by atomic mass is 16.7. The molecule has 0 aromatic heterocycles. The Kier molecular flexibility index (Phi) is 8.42. The minimum absolute atomic E-state index is 0.0365. The van der Waals surface area contributed by atoms with E-state index in [4.69, 9.17) is 28.4 Å². The van der Waals surface area contributed by atoms with Crippen LogP contribution >= 0.6 is 0 Å². The Morgan fingerprint density at radius 1 is 0.980 bits per heavy atom. The van der Waals surface area contributed by atoms with E-state index in [0.717, 1.165) is 7.11 Å². The summed E-state index contributed by atoms with van der Waals surface area (Å²) in [4.78, 5) is 54.7. The Morgan fingerprint density at radius 2 is 1.68 bits per heavy atom. The number of methoxy groups -OCH3 is 1. The zero-order chi connectivity index (χ0) is 36.1. The summed E-state index contributed by atoms with van der Waals surface area (Å²) in [6.07, 6.45) is -13.5. The third-order valence-corrected chi connectivity index (χ3v) is 12.2. The summed E-state index contributed by atoms with van der Waals surface area (Å²) in [6, 6.07) is 7.80. The summed E-state index contributed by atoms with van der Waals surface area (Å²) in [5.41, 5.74) is -5.04. The Bertz CT molecular complexity index is 1600. The van der Waals surface area contributed by atoms with E-state index in [0.29, 0.717) is 0 Å².